The second-order valence-electron chi connectivity index (χ2n) is 8.10. The molecule has 0 amide bonds. The van der Waals surface area contributed by atoms with Crippen molar-refractivity contribution in [2.45, 2.75) is 51.0 Å². The molecule has 0 unspecified atom stereocenters. The summed E-state index contributed by atoms with van der Waals surface area (Å²) in [4.78, 5) is 29.3. The fraction of sp³-hybridized carbons (Fsp3) is 0.333. The number of rotatable bonds is 6. The van der Waals surface area contributed by atoms with Crippen molar-refractivity contribution >= 4 is 54.9 Å². The Labute approximate surface area is 207 Å². The molecule has 1 heterocycles. The van der Waals surface area contributed by atoms with Crippen molar-refractivity contribution < 1.29 is 14.6 Å². The largest absolute Gasteiger partial charge is 0.479 e. The maximum atomic E-state index is 13.3. The number of halogens is 2. The van der Waals surface area contributed by atoms with Crippen LogP contribution in [0.1, 0.15) is 56.3 Å². The van der Waals surface area contributed by atoms with Gasteiger partial charge in [-0.25, -0.2) is 9.78 Å². The summed E-state index contributed by atoms with van der Waals surface area (Å²) in [6.45, 7) is 1.46. The first-order chi connectivity index (χ1) is 15.8. The normalized spacial score (nSPS) is 15.7. The van der Waals surface area contributed by atoms with Crippen LogP contribution in [0.15, 0.2) is 55.2 Å². The van der Waals surface area contributed by atoms with Crippen LogP contribution in [0.3, 0.4) is 0 Å². The number of carbonyl (C=O) groups is 1. The van der Waals surface area contributed by atoms with Crippen LogP contribution in [-0.4, -0.2) is 33.1 Å². The summed E-state index contributed by atoms with van der Waals surface area (Å²) in [7, 11) is 0. The van der Waals surface area contributed by atoms with E-state index in [1.165, 1.54) is 18.0 Å². The van der Waals surface area contributed by atoms with Gasteiger partial charge in [-0.3, -0.25) is 4.79 Å². The lowest BCUT2D eigenvalue weighted by molar-refractivity contribution is -0.144. The van der Waals surface area contributed by atoms with Gasteiger partial charge in [0.25, 0.3) is 5.56 Å². The van der Waals surface area contributed by atoms with E-state index in [-0.39, 0.29) is 11.5 Å². The van der Waals surface area contributed by atoms with E-state index in [9.17, 15) is 9.59 Å². The quantitative estimate of drug-likeness (QED) is 0.380. The number of benzene rings is 2. The summed E-state index contributed by atoms with van der Waals surface area (Å²) < 4.78 is 8.09. The van der Waals surface area contributed by atoms with Crippen LogP contribution < -0.4 is 10.3 Å². The smallest absolute Gasteiger partial charge is 0.344 e. The Morgan fingerprint density at radius 3 is 2.55 bits per heavy atom. The SMILES string of the molecule is C[C@@H](Oc1c(Br)cc(C=Nn2c(C3CCCCC3)nc3ccccc3c2=O)cc1Br)C(=O)O. The van der Waals surface area contributed by atoms with E-state index in [1.54, 1.807) is 24.4 Å². The monoisotopic (exact) mass is 575 g/mol. The Morgan fingerprint density at radius 1 is 1.21 bits per heavy atom. The van der Waals surface area contributed by atoms with Gasteiger partial charge in [0.2, 0.25) is 0 Å². The molecular weight excluding hydrogens is 554 g/mol. The number of aromatic nitrogens is 2. The van der Waals surface area contributed by atoms with E-state index >= 15 is 0 Å². The molecule has 4 rings (SSSR count). The molecule has 0 aliphatic heterocycles. The number of fused-ring (bicyclic) bond motifs is 1. The average molecular weight is 577 g/mol. The average Bonchev–Trinajstić information content (AvgIpc) is 2.81. The summed E-state index contributed by atoms with van der Waals surface area (Å²) in [6.07, 6.45) is 6.02. The predicted octanol–water partition coefficient (Wildman–Crippen LogP) is 5.70. The Balaban J connectivity index is 1.74. The first-order valence-corrected chi connectivity index (χ1v) is 12.4. The number of ether oxygens (including phenoxy) is 1. The highest BCUT2D eigenvalue weighted by Gasteiger charge is 2.22. The van der Waals surface area contributed by atoms with Gasteiger partial charge < -0.3 is 9.84 Å². The van der Waals surface area contributed by atoms with Gasteiger partial charge in [-0.2, -0.15) is 9.78 Å². The molecule has 1 aliphatic rings. The molecule has 7 nitrogen and oxygen atoms in total. The van der Waals surface area contributed by atoms with Gasteiger partial charge in [0.05, 0.1) is 26.1 Å². The minimum absolute atomic E-state index is 0.189. The molecule has 1 N–H and O–H groups in total. The predicted molar refractivity (Wildman–Crippen MR) is 134 cm³/mol. The molecule has 1 aliphatic carbocycles. The minimum atomic E-state index is -1.06. The van der Waals surface area contributed by atoms with Crippen LogP contribution in [0.2, 0.25) is 0 Å². The number of para-hydroxylation sites is 1. The molecule has 0 saturated heterocycles. The number of nitrogens with zero attached hydrogens (tertiary/aromatic N) is 3. The van der Waals surface area contributed by atoms with Crippen LogP contribution in [0.25, 0.3) is 10.9 Å². The standard InChI is InChI=1S/C24H23Br2N3O4/c1-14(24(31)32)33-21-18(25)11-15(12-19(21)26)13-27-29-22(16-7-3-2-4-8-16)28-20-10-6-5-9-17(20)23(29)30/h5-6,9-14,16H,2-4,7-8H2,1H3,(H,31,32)/t14-/m1/s1. The Hall–Kier alpha value is -2.52. The van der Waals surface area contributed by atoms with E-state index in [0.29, 0.717) is 37.0 Å². The Kier molecular flexibility index (Phi) is 7.29. The summed E-state index contributed by atoms with van der Waals surface area (Å²) in [5, 5.41) is 14.2. The molecule has 1 aromatic heterocycles. The third-order valence-electron chi connectivity index (χ3n) is 5.73. The van der Waals surface area contributed by atoms with Gasteiger partial charge in [-0.15, -0.1) is 0 Å². The molecule has 0 bridgehead atoms. The summed E-state index contributed by atoms with van der Waals surface area (Å²) in [5.74, 6) is 0.218. The second-order valence-corrected chi connectivity index (χ2v) is 9.80. The number of carboxylic acids is 1. The zero-order valence-electron chi connectivity index (χ0n) is 18.0. The number of aliphatic carboxylic acids is 1. The van der Waals surface area contributed by atoms with E-state index < -0.39 is 12.1 Å². The van der Waals surface area contributed by atoms with E-state index in [1.807, 2.05) is 18.2 Å². The molecule has 9 heteroatoms. The van der Waals surface area contributed by atoms with Crippen LogP contribution >= 0.6 is 31.9 Å². The van der Waals surface area contributed by atoms with Gasteiger partial charge in [-0.05, 0) is 81.5 Å². The van der Waals surface area contributed by atoms with Crippen molar-refractivity contribution in [1.82, 2.24) is 9.66 Å². The summed E-state index contributed by atoms with van der Waals surface area (Å²) in [6, 6.07) is 10.9. The molecule has 1 atom stereocenters. The molecule has 172 valence electrons. The molecule has 1 fully saturated rings. The van der Waals surface area contributed by atoms with Crippen molar-refractivity contribution in [3.05, 3.63) is 67.1 Å². The maximum absolute atomic E-state index is 13.3. The van der Waals surface area contributed by atoms with Gasteiger partial charge in [0.15, 0.2) is 6.10 Å². The summed E-state index contributed by atoms with van der Waals surface area (Å²) >= 11 is 6.87. The second kappa shape index (κ2) is 10.2. The number of hydrogen-bond acceptors (Lipinski definition) is 5. The highest BCUT2D eigenvalue weighted by molar-refractivity contribution is 9.11. The fourth-order valence-corrected chi connectivity index (χ4v) is 5.40. The number of hydrogen-bond donors (Lipinski definition) is 1. The molecule has 3 aromatic rings. The van der Waals surface area contributed by atoms with Gasteiger partial charge in [0.1, 0.15) is 11.6 Å². The van der Waals surface area contributed by atoms with Crippen LogP contribution in [0, 0.1) is 0 Å². The zero-order chi connectivity index (χ0) is 23.5. The first kappa shape index (κ1) is 23.6. The molecule has 1 saturated carbocycles. The highest BCUT2D eigenvalue weighted by atomic mass is 79.9. The van der Waals surface area contributed by atoms with E-state index in [2.05, 4.69) is 37.0 Å². The minimum Gasteiger partial charge on any atom is -0.479 e. The Bertz CT molecular complexity index is 1260. The third-order valence-corrected chi connectivity index (χ3v) is 6.91. The molecule has 0 radical (unpaired) electrons. The number of carboxylic acid groups (broad SMARTS) is 1. The molecular formula is C24H23Br2N3O4. The van der Waals surface area contributed by atoms with Crippen LogP contribution in [0.5, 0.6) is 5.75 Å². The van der Waals surface area contributed by atoms with Crippen molar-refractivity contribution in [3.8, 4) is 5.75 Å². The topological polar surface area (TPSA) is 93.8 Å². The summed E-state index contributed by atoms with van der Waals surface area (Å²) in [5.41, 5.74) is 1.21. The highest BCUT2D eigenvalue weighted by Crippen LogP contribution is 2.35. The third kappa shape index (κ3) is 5.19. The van der Waals surface area contributed by atoms with Gasteiger partial charge in [0, 0.05) is 5.92 Å². The lowest BCUT2D eigenvalue weighted by Crippen LogP contribution is -2.25. The van der Waals surface area contributed by atoms with Gasteiger partial charge >= 0.3 is 5.97 Å². The maximum Gasteiger partial charge on any atom is 0.344 e. The van der Waals surface area contributed by atoms with E-state index in [0.717, 1.165) is 25.7 Å². The Morgan fingerprint density at radius 2 is 1.88 bits per heavy atom. The first-order valence-electron chi connectivity index (χ1n) is 10.8. The van der Waals surface area contributed by atoms with Crippen molar-refractivity contribution in [2.75, 3.05) is 0 Å². The zero-order valence-corrected chi connectivity index (χ0v) is 21.2. The van der Waals surface area contributed by atoms with Crippen molar-refractivity contribution in [1.29, 1.82) is 0 Å². The lowest BCUT2D eigenvalue weighted by Gasteiger charge is -2.22. The van der Waals surface area contributed by atoms with Crippen LogP contribution in [0.4, 0.5) is 0 Å². The fourth-order valence-electron chi connectivity index (χ4n) is 4.00. The lowest BCUT2D eigenvalue weighted by atomic mass is 9.88. The van der Waals surface area contributed by atoms with Crippen molar-refractivity contribution in [3.63, 3.8) is 0 Å². The van der Waals surface area contributed by atoms with Gasteiger partial charge in [-0.1, -0.05) is 31.4 Å². The molecule has 0 spiro atoms. The van der Waals surface area contributed by atoms with Crippen molar-refractivity contribution in [2.24, 2.45) is 5.10 Å². The molecule has 33 heavy (non-hydrogen) atoms. The van der Waals surface area contributed by atoms with Crippen LogP contribution in [-0.2, 0) is 4.79 Å². The van der Waals surface area contributed by atoms with E-state index in [4.69, 9.17) is 14.8 Å². The molecule has 2 aromatic carbocycles.